The van der Waals surface area contributed by atoms with Crippen LogP contribution in [0.25, 0.3) is 0 Å². The van der Waals surface area contributed by atoms with Crippen molar-refractivity contribution in [3.63, 3.8) is 0 Å². The van der Waals surface area contributed by atoms with Crippen LogP contribution in [0.15, 0.2) is 0 Å². The highest BCUT2D eigenvalue weighted by atomic mass is 19.3. The van der Waals surface area contributed by atoms with E-state index in [1.807, 2.05) is 0 Å². The maximum atomic E-state index is 12.4. The van der Waals surface area contributed by atoms with Crippen LogP contribution in [0.2, 0.25) is 0 Å². The lowest BCUT2D eigenvalue weighted by molar-refractivity contribution is -0.136. The normalized spacial score (nSPS) is 17.1. The lowest BCUT2D eigenvalue weighted by Gasteiger charge is -2.30. The van der Waals surface area contributed by atoms with Gasteiger partial charge in [-0.1, -0.05) is 20.8 Å². The van der Waals surface area contributed by atoms with Gasteiger partial charge in [0.05, 0.1) is 0 Å². The first-order valence-corrected chi connectivity index (χ1v) is 3.21. The van der Waals surface area contributed by atoms with Crippen molar-refractivity contribution in [3.05, 3.63) is 0 Å². The molecule has 0 bridgehead atoms. The molecule has 0 aliphatic heterocycles. The van der Waals surface area contributed by atoms with Crippen molar-refractivity contribution in [3.8, 4) is 0 Å². The Bertz CT molecular complexity index is 95.8. The Morgan fingerprint density at radius 1 is 1.10 bits per heavy atom. The largest absolute Gasteiger partial charge is 0.386 e. The molecule has 1 unspecified atom stereocenters. The fourth-order valence-corrected chi connectivity index (χ4v) is 0.760. The highest BCUT2D eigenvalue weighted by Crippen LogP contribution is 2.31. The van der Waals surface area contributed by atoms with E-state index in [-0.39, 0.29) is 0 Å². The molecule has 0 aliphatic carbocycles. The van der Waals surface area contributed by atoms with Gasteiger partial charge in [0.1, 0.15) is 6.10 Å². The van der Waals surface area contributed by atoms with Gasteiger partial charge in [0.15, 0.2) is 0 Å². The quantitative estimate of drug-likeness (QED) is 0.609. The topological polar surface area (TPSA) is 20.2 Å². The summed E-state index contributed by atoms with van der Waals surface area (Å²) in [5.41, 5.74) is -0.752. The summed E-state index contributed by atoms with van der Waals surface area (Å²) in [6.07, 6.45) is -1.57. The van der Waals surface area contributed by atoms with Gasteiger partial charge in [-0.3, -0.25) is 0 Å². The molecule has 0 aromatic rings. The molecule has 3 heteroatoms. The third-order valence-electron chi connectivity index (χ3n) is 1.30. The number of alkyl halides is 2. The molecule has 0 fully saturated rings. The van der Waals surface area contributed by atoms with E-state index in [2.05, 4.69) is 0 Å². The van der Waals surface area contributed by atoms with Gasteiger partial charge >= 0.3 is 0 Å². The van der Waals surface area contributed by atoms with E-state index in [9.17, 15) is 8.78 Å². The van der Waals surface area contributed by atoms with E-state index in [0.717, 1.165) is 6.92 Å². The van der Waals surface area contributed by atoms with E-state index in [4.69, 9.17) is 5.11 Å². The number of aliphatic hydroxyl groups excluding tert-OH is 1. The van der Waals surface area contributed by atoms with Crippen molar-refractivity contribution in [2.45, 2.75) is 39.7 Å². The zero-order valence-corrected chi connectivity index (χ0v) is 6.78. The minimum atomic E-state index is -3.00. The average Bonchev–Trinajstić information content (AvgIpc) is 1.59. The van der Waals surface area contributed by atoms with Crippen LogP contribution in [0.1, 0.15) is 27.7 Å². The Hall–Kier alpha value is -0.180. The fraction of sp³-hybridized carbons (Fsp3) is 1.00. The highest BCUT2D eigenvalue weighted by Gasteiger charge is 2.40. The number of hydrogen-bond acceptors (Lipinski definition) is 1. The zero-order chi connectivity index (χ0) is 8.58. The molecule has 10 heavy (non-hydrogen) atoms. The molecule has 1 atom stereocenters. The van der Waals surface area contributed by atoms with Crippen LogP contribution in [-0.4, -0.2) is 17.1 Å². The Labute approximate surface area is 60.1 Å². The summed E-state index contributed by atoms with van der Waals surface area (Å²) in [6, 6.07) is 0. The van der Waals surface area contributed by atoms with E-state index in [0.29, 0.717) is 0 Å². The molecule has 0 aromatic carbocycles. The molecule has 0 aliphatic rings. The van der Waals surface area contributed by atoms with Gasteiger partial charge in [0.2, 0.25) is 0 Å². The summed E-state index contributed by atoms with van der Waals surface area (Å²) in [6.45, 7) is 5.46. The van der Waals surface area contributed by atoms with Gasteiger partial charge in [-0.05, 0) is 5.41 Å². The molecule has 0 heterocycles. The van der Waals surface area contributed by atoms with Crippen LogP contribution in [0.4, 0.5) is 8.78 Å². The standard InChI is InChI=1S/C7H14F2O/c1-6(2,3)5(10)7(4,8)9/h5,10H,1-4H3. The second kappa shape index (κ2) is 2.46. The smallest absolute Gasteiger partial charge is 0.271 e. The molecule has 0 aromatic heterocycles. The third kappa shape index (κ3) is 2.60. The van der Waals surface area contributed by atoms with Gasteiger partial charge in [-0.25, -0.2) is 8.78 Å². The van der Waals surface area contributed by atoms with Crippen molar-refractivity contribution in [2.75, 3.05) is 0 Å². The second-order valence-corrected chi connectivity index (χ2v) is 3.72. The molecular weight excluding hydrogens is 138 g/mol. The fourth-order valence-electron chi connectivity index (χ4n) is 0.760. The van der Waals surface area contributed by atoms with Gasteiger partial charge < -0.3 is 5.11 Å². The molecule has 0 amide bonds. The van der Waals surface area contributed by atoms with Gasteiger partial charge in [-0.2, -0.15) is 0 Å². The van der Waals surface area contributed by atoms with Gasteiger partial charge in [-0.15, -0.1) is 0 Å². The predicted molar refractivity (Wildman–Crippen MR) is 36.1 cm³/mol. The molecule has 62 valence electrons. The molecule has 0 saturated heterocycles. The first kappa shape index (κ1) is 9.82. The lowest BCUT2D eigenvalue weighted by Crippen LogP contribution is -2.40. The Kier molecular flexibility index (Phi) is 2.41. The summed E-state index contributed by atoms with van der Waals surface area (Å²) >= 11 is 0. The minimum Gasteiger partial charge on any atom is -0.386 e. The Morgan fingerprint density at radius 2 is 1.40 bits per heavy atom. The molecule has 0 radical (unpaired) electrons. The summed E-state index contributed by atoms with van der Waals surface area (Å²) in [5.74, 6) is -3.00. The summed E-state index contributed by atoms with van der Waals surface area (Å²) < 4.78 is 24.7. The third-order valence-corrected chi connectivity index (χ3v) is 1.30. The number of rotatable bonds is 1. The second-order valence-electron chi connectivity index (χ2n) is 3.72. The first-order chi connectivity index (χ1) is 4.15. The van der Waals surface area contributed by atoms with E-state index in [1.165, 1.54) is 0 Å². The molecule has 1 nitrogen and oxygen atoms in total. The maximum absolute atomic E-state index is 12.4. The van der Waals surface area contributed by atoms with Crippen molar-refractivity contribution >= 4 is 0 Å². The van der Waals surface area contributed by atoms with Crippen LogP contribution in [0.3, 0.4) is 0 Å². The Morgan fingerprint density at radius 3 is 1.40 bits per heavy atom. The predicted octanol–water partition coefficient (Wildman–Crippen LogP) is 2.05. The van der Waals surface area contributed by atoms with Gasteiger partial charge in [0, 0.05) is 6.92 Å². The van der Waals surface area contributed by atoms with Crippen LogP contribution in [0, 0.1) is 5.41 Å². The van der Waals surface area contributed by atoms with Crippen molar-refractivity contribution in [1.29, 1.82) is 0 Å². The molecule has 1 N–H and O–H groups in total. The summed E-state index contributed by atoms with van der Waals surface area (Å²) in [5, 5.41) is 8.97. The van der Waals surface area contributed by atoms with Crippen molar-refractivity contribution in [2.24, 2.45) is 5.41 Å². The highest BCUT2D eigenvalue weighted by molar-refractivity contribution is 4.82. The van der Waals surface area contributed by atoms with Crippen molar-refractivity contribution in [1.82, 2.24) is 0 Å². The van der Waals surface area contributed by atoms with Crippen LogP contribution < -0.4 is 0 Å². The number of halogens is 2. The molecule has 0 saturated carbocycles. The van der Waals surface area contributed by atoms with Crippen LogP contribution in [0.5, 0.6) is 0 Å². The van der Waals surface area contributed by atoms with Crippen LogP contribution in [-0.2, 0) is 0 Å². The van der Waals surface area contributed by atoms with Crippen LogP contribution >= 0.6 is 0 Å². The van der Waals surface area contributed by atoms with Gasteiger partial charge in [0.25, 0.3) is 5.92 Å². The SMILES string of the molecule is CC(C)(C)C(O)C(C)(F)F. The monoisotopic (exact) mass is 152 g/mol. The molecule has 0 spiro atoms. The number of aliphatic hydroxyl groups is 1. The van der Waals surface area contributed by atoms with E-state index >= 15 is 0 Å². The first-order valence-electron chi connectivity index (χ1n) is 3.21. The van der Waals surface area contributed by atoms with E-state index in [1.54, 1.807) is 20.8 Å². The Balaban J connectivity index is 4.23. The van der Waals surface area contributed by atoms with Crippen molar-refractivity contribution < 1.29 is 13.9 Å². The maximum Gasteiger partial charge on any atom is 0.271 e. The molecule has 0 rings (SSSR count). The number of hydrogen-bond donors (Lipinski definition) is 1. The minimum absolute atomic E-state index is 0.725. The van der Waals surface area contributed by atoms with E-state index < -0.39 is 17.4 Å². The summed E-state index contributed by atoms with van der Waals surface area (Å²) in [4.78, 5) is 0. The lowest BCUT2D eigenvalue weighted by atomic mass is 9.86. The molecular formula is C7H14F2O. The summed E-state index contributed by atoms with van der Waals surface area (Å²) in [7, 11) is 0. The zero-order valence-electron chi connectivity index (χ0n) is 6.78. The average molecular weight is 152 g/mol.